The van der Waals surface area contributed by atoms with Gasteiger partial charge in [-0.05, 0) is 45.3 Å². The predicted octanol–water partition coefficient (Wildman–Crippen LogP) is 2.31. The third-order valence-corrected chi connectivity index (χ3v) is 5.73. The highest BCUT2D eigenvalue weighted by Gasteiger charge is 2.46. The average Bonchev–Trinajstić information content (AvgIpc) is 2.82. The van der Waals surface area contributed by atoms with Crippen molar-refractivity contribution in [3.05, 3.63) is 0 Å². The number of nitrogens with zero attached hydrogens (tertiary/aromatic N) is 1. The van der Waals surface area contributed by atoms with Gasteiger partial charge in [-0.15, -0.1) is 0 Å². The lowest BCUT2D eigenvalue weighted by molar-refractivity contribution is -0.147. The Bertz CT molecular complexity index is 391. The van der Waals surface area contributed by atoms with Crippen LogP contribution in [0.3, 0.4) is 0 Å². The second-order valence-corrected chi connectivity index (χ2v) is 7.14. The molecule has 1 saturated carbocycles. The van der Waals surface area contributed by atoms with Gasteiger partial charge in [-0.1, -0.05) is 6.42 Å². The Labute approximate surface area is 124 Å². The van der Waals surface area contributed by atoms with Crippen molar-refractivity contribution in [2.24, 2.45) is 0 Å². The van der Waals surface area contributed by atoms with Crippen LogP contribution in [-0.2, 0) is 4.79 Å². The molecule has 3 unspecified atom stereocenters. The van der Waals surface area contributed by atoms with E-state index in [1.54, 1.807) is 6.92 Å². The number of hydrogen-bond acceptors (Lipinski definition) is 3. The molecule has 2 N–H and O–H groups in total. The molecular formula is C14H24N2O3S. The molecule has 0 aromatic rings. The van der Waals surface area contributed by atoms with Gasteiger partial charge in [0.1, 0.15) is 5.54 Å². The van der Waals surface area contributed by atoms with Gasteiger partial charge in [0.2, 0.25) is 0 Å². The number of likely N-dealkylation sites (tertiary alicyclic amines) is 1. The standard InChI is InChI=1S/C14H24N2O3S/c1-14(12(17)18)7-4-8-16(14)13(19)15-10-5-3-6-11(9-10)20-2/h10-11H,3-9H2,1-2H3,(H,15,19)(H,17,18). The molecular weight excluding hydrogens is 276 g/mol. The number of rotatable bonds is 3. The van der Waals surface area contributed by atoms with Crippen molar-refractivity contribution in [3.63, 3.8) is 0 Å². The van der Waals surface area contributed by atoms with Crippen LogP contribution in [0.2, 0.25) is 0 Å². The molecule has 1 saturated heterocycles. The number of urea groups is 1. The average molecular weight is 300 g/mol. The quantitative estimate of drug-likeness (QED) is 0.839. The van der Waals surface area contributed by atoms with Gasteiger partial charge in [-0.25, -0.2) is 9.59 Å². The number of aliphatic carboxylic acids is 1. The van der Waals surface area contributed by atoms with E-state index in [1.165, 1.54) is 11.3 Å². The Morgan fingerprint density at radius 3 is 2.75 bits per heavy atom. The topological polar surface area (TPSA) is 69.6 Å². The molecule has 1 heterocycles. The molecule has 0 spiro atoms. The first-order chi connectivity index (χ1) is 9.47. The first kappa shape index (κ1) is 15.5. The van der Waals surface area contributed by atoms with E-state index in [0.29, 0.717) is 18.2 Å². The molecule has 2 amide bonds. The number of carbonyl (C=O) groups is 2. The minimum Gasteiger partial charge on any atom is -0.480 e. The summed E-state index contributed by atoms with van der Waals surface area (Å²) < 4.78 is 0. The van der Waals surface area contributed by atoms with Gasteiger partial charge in [-0.2, -0.15) is 11.8 Å². The molecule has 5 nitrogen and oxygen atoms in total. The minimum atomic E-state index is -1.04. The SMILES string of the molecule is CSC1CCCC(NC(=O)N2CCCC2(C)C(=O)O)C1. The third kappa shape index (κ3) is 3.05. The van der Waals surface area contributed by atoms with Gasteiger partial charge >= 0.3 is 12.0 Å². The lowest BCUT2D eigenvalue weighted by Crippen LogP contribution is -2.56. The largest absolute Gasteiger partial charge is 0.480 e. The zero-order valence-corrected chi connectivity index (χ0v) is 13.0. The van der Waals surface area contributed by atoms with Gasteiger partial charge in [0.05, 0.1) is 0 Å². The molecule has 0 radical (unpaired) electrons. The number of amides is 2. The zero-order chi connectivity index (χ0) is 14.8. The maximum absolute atomic E-state index is 12.4. The van der Waals surface area contributed by atoms with Crippen LogP contribution in [0.25, 0.3) is 0 Å². The highest BCUT2D eigenvalue weighted by Crippen LogP contribution is 2.31. The van der Waals surface area contributed by atoms with Gasteiger partial charge in [-0.3, -0.25) is 0 Å². The number of nitrogens with one attached hydrogen (secondary N) is 1. The van der Waals surface area contributed by atoms with Crippen LogP contribution < -0.4 is 5.32 Å². The summed E-state index contributed by atoms with van der Waals surface area (Å²) in [6.45, 7) is 2.18. The molecule has 0 aromatic heterocycles. The molecule has 1 aliphatic heterocycles. The molecule has 2 aliphatic rings. The summed E-state index contributed by atoms with van der Waals surface area (Å²) in [7, 11) is 0. The minimum absolute atomic E-state index is 0.187. The number of carbonyl (C=O) groups excluding carboxylic acids is 1. The summed E-state index contributed by atoms with van der Waals surface area (Å²) in [4.78, 5) is 25.3. The van der Waals surface area contributed by atoms with E-state index in [9.17, 15) is 14.7 Å². The lowest BCUT2D eigenvalue weighted by Gasteiger charge is -2.34. The number of hydrogen-bond donors (Lipinski definition) is 2. The highest BCUT2D eigenvalue weighted by molar-refractivity contribution is 7.99. The van der Waals surface area contributed by atoms with Crippen LogP contribution in [0.5, 0.6) is 0 Å². The summed E-state index contributed by atoms with van der Waals surface area (Å²) in [5.41, 5.74) is -1.04. The van der Waals surface area contributed by atoms with Crippen LogP contribution >= 0.6 is 11.8 Å². The maximum atomic E-state index is 12.4. The molecule has 114 valence electrons. The highest BCUT2D eigenvalue weighted by atomic mass is 32.2. The van der Waals surface area contributed by atoms with Crippen molar-refractivity contribution < 1.29 is 14.7 Å². The van der Waals surface area contributed by atoms with Crippen molar-refractivity contribution in [3.8, 4) is 0 Å². The molecule has 0 bridgehead atoms. The van der Waals surface area contributed by atoms with Crippen LogP contribution in [0.1, 0.15) is 45.4 Å². The summed E-state index contributed by atoms with van der Waals surface area (Å²) in [6, 6.07) is -0.0218. The van der Waals surface area contributed by atoms with Crippen molar-refractivity contribution in [1.29, 1.82) is 0 Å². The van der Waals surface area contributed by atoms with E-state index in [0.717, 1.165) is 25.7 Å². The van der Waals surface area contributed by atoms with Gasteiger partial charge in [0, 0.05) is 17.8 Å². The lowest BCUT2D eigenvalue weighted by atomic mass is 9.95. The van der Waals surface area contributed by atoms with Crippen LogP contribution in [-0.4, -0.2) is 51.6 Å². The Hall–Kier alpha value is -0.910. The predicted molar refractivity (Wildman–Crippen MR) is 80.1 cm³/mol. The first-order valence-corrected chi connectivity index (χ1v) is 8.60. The molecule has 2 fully saturated rings. The van der Waals surface area contributed by atoms with Crippen LogP contribution in [0.4, 0.5) is 4.79 Å². The van der Waals surface area contributed by atoms with Gasteiger partial charge in [0.15, 0.2) is 0 Å². The van der Waals surface area contributed by atoms with Crippen molar-refractivity contribution in [2.75, 3.05) is 12.8 Å². The molecule has 2 rings (SSSR count). The fraction of sp³-hybridized carbons (Fsp3) is 0.857. The van der Waals surface area contributed by atoms with Crippen molar-refractivity contribution in [1.82, 2.24) is 10.2 Å². The van der Waals surface area contributed by atoms with E-state index in [-0.39, 0.29) is 12.1 Å². The summed E-state index contributed by atoms with van der Waals surface area (Å²) in [5, 5.41) is 13.0. The number of carboxylic acid groups (broad SMARTS) is 1. The Morgan fingerprint density at radius 2 is 2.10 bits per heavy atom. The molecule has 6 heteroatoms. The molecule has 1 aliphatic carbocycles. The van der Waals surface area contributed by atoms with Crippen LogP contribution in [0.15, 0.2) is 0 Å². The summed E-state index contributed by atoms with van der Waals surface area (Å²) in [5.74, 6) is -0.907. The van der Waals surface area contributed by atoms with E-state index in [4.69, 9.17) is 0 Å². The van der Waals surface area contributed by atoms with E-state index >= 15 is 0 Å². The normalized spacial score (nSPS) is 34.0. The third-order valence-electron chi connectivity index (χ3n) is 4.63. The monoisotopic (exact) mass is 300 g/mol. The molecule has 20 heavy (non-hydrogen) atoms. The summed E-state index contributed by atoms with van der Waals surface area (Å²) >= 11 is 1.85. The van der Waals surface area contributed by atoms with Crippen molar-refractivity contribution >= 4 is 23.8 Å². The van der Waals surface area contributed by atoms with Gasteiger partial charge < -0.3 is 15.3 Å². The summed E-state index contributed by atoms with van der Waals surface area (Å²) in [6.07, 6.45) is 7.74. The smallest absolute Gasteiger partial charge is 0.329 e. The Kier molecular flexibility index (Phi) is 4.83. The zero-order valence-electron chi connectivity index (χ0n) is 12.2. The number of thioether (sulfide) groups is 1. The first-order valence-electron chi connectivity index (χ1n) is 7.31. The Balaban J connectivity index is 1.96. The maximum Gasteiger partial charge on any atom is 0.329 e. The fourth-order valence-corrected chi connectivity index (χ4v) is 4.08. The van der Waals surface area contributed by atoms with E-state index in [1.807, 2.05) is 11.8 Å². The fourth-order valence-electron chi connectivity index (χ4n) is 3.25. The number of carboxylic acids is 1. The second kappa shape index (κ2) is 6.24. The molecule has 0 aromatic carbocycles. The Morgan fingerprint density at radius 1 is 1.35 bits per heavy atom. The van der Waals surface area contributed by atoms with Gasteiger partial charge in [0.25, 0.3) is 0 Å². The van der Waals surface area contributed by atoms with Crippen LogP contribution in [0, 0.1) is 0 Å². The van der Waals surface area contributed by atoms with E-state index in [2.05, 4.69) is 11.6 Å². The second-order valence-electron chi connectivity index (χ2n) is 6.00. The van der Waals surface area contributed by atoms with E-state index < -0.39 is 11.5 Å². The molecule has 3 atom stereocenters. The van der Waals surface area contributed by atoms with Crippen molar-refractivity contribution in [2.45, 2.75) is 62.3 Å².